The number of carbonyl (C=O) groups excluding carboxylic acids is 1. The largest absolute Gasteiger partial charge is 0.469 e. The van der Waals surface area contributed by atoms with Gasteiger partial charge in [0.1, 0.15) is 0 Å². The van der Waals surface area contributed by atoms with Gasteiger partial charge >= 0.3 is 5.97 Å². The lowest BCUT2D eigenvalue weighted by Crippen LogP contribution is -2.32. The topological polar surface area (TPSA) is 41.6 Å². The molecular formula is C6H14N2O2. The fourth-order valence-corrected chi connectivity index (χ4v) is 0.484. The lowest BCUT2D eigenvalue weighted by molar-refractivity contribution is -0.140. The van der Waals surface area contributed by atoms with E-state index in [2.05, 4.69) is 10.2 Å². The number of hydrazine groups is 1. The standard InChI is InChI=1S/C6H14N2O2/c1-8(2)7-5-4-6(9)10-3/h7H,4-5H2,1-3H3. The molecule has 1 N–H and O–H groups in total. The van der Waals surface area contributed by atoms with E-state index in [0.29, 0.717) is 13.0 Å². The number of nitrogens with zero attached hydrogens (tertiary/aromatic N) is 1. The fraction of sp³-hybridized carbons (Fsp3) is 0.833. The van der Waals surface area contributed by atoms with Crippen molar-refractivity contribution in [2.24, 2.45) is 0 Å². The van der Waals surface area contributed by atoms with Gasteiger partial charge < -0.3 is 4.74 Å². The molecule has 0 radical (unpaired) electrons. The van der Waals surface area contributed by atoms with Gasteiger partial charge in [0, 0.05) is 20.6 Å². The summed E-state index contributed by atoms with van der Waals surface area (Å²) in [7, 11) is 5.13. The molecule has 0 aromatic carbocycles. The van der Waals surface area contributed by atoms with Crippen LogP contribution in [0.4, 0.5) is 0 Å². The summed E-state index contributed by atoms with van der Waals surface area (Å²) in [6.45, 7) is 0.625. The summed E-state index contributed by atoms with van der Waals surface area (Å²) < 4.78 is 4.43. The molecule has 0 bridgehead atoms. The third-order valence-corrected chi connectivity index (χ3v) is 0.985. The second-order valence-corrected chi connectivity index (χ2v) is 2.13. The first-order chi connectivity index (χ1) is 4.66. The number of hydrogen-bond donors (Lipinski definition) is 1. The summed E-state index contributed by atoms with van der Waals surface area (Å²) in [6, 6.07) is 0. The Kier molecular flexibility index (Phi) is 4.88. The second-order valence-electron chi connectivity index (χ2n) is 2.13. The van der Waals surface area contributed by atoms with Gasteiger partial charge in [0.2, 0.25) is 0 Å². The highest BCUT2D eigenvalue weighted by molar-refractivity contribution is 5.69. The van der Waals surface area contributed by atoms with Crippen LogP contribution in [-0.2, 0) is 9.53 Å². The van der Waals surface area contributed by atoms with Gasteiger partial charge in [-0.05, 0) is 0 Å². The van der Waals surface area contributed by atoms with E-state index in [1.165, 1.54) is 7.11 Å². The summed E-state index contributed by atoms with van der Waals surface area (Å²) in [5.74, 6) is -0.186. The lowest BCUT2D eigenvalue weighted by atomic mass is 10.4. The van der Waals surface area contributed by atoms with E-state index in [4.69, 9.17) is 0 Å². The Morgan fingerprint density at radius 3 is 2.60 bits per heavy atom. The molecule has 0 aliphatic rings. The van der Waals surface area contributed by atoms with Crippen LogP contribution in [0.2, 0.25) is 0 Å². The number of esters is 1. The van der Waals surface area contributed by atoms with Gasteiger partial charge in [0.05, 0.1) is 13.5 Å². The van der Waals surface area contributed by atoms with Crippen LogP contribution in [0.1, 0.15) is 6.42 Å². The average molecular weight is 146 g/mol. The molecule has 0 unspecified atom stereocenters. The van der Waals surface area contributed by atoms with E-state index < -0.39 is 0 Å². The maximum absolute atomic E-state index is 10.5. The summed E-state index contributed by atoms with van der Waals surface area (Å²) >= 11 is 0. The lowest BCUT2D eigenvalue weighted by Gasteiger charge is -2.10. The Hall–Kier alpha value is -0.610. The molecule has 0 fully saturated rings. The van der Waals surface area contributed by atoms with Crippen molar-refractivity contribution in [3.05, 3.63) is 0 Å². The maximum atomic E-state index is 10.5. The van der Waals surface area contributed by atoms with Crippen molar-refractivity contribution in [2.75, 3.05) is 27.7 Å². The van der Waals surface area contributed by atoms with E-state index in [-0.39, 0.29) is 5.97 Å². The zero-order valence-electron chi connectivity index (χ0n) is 6.68. The Labute approximate surface area is 61.1 Å². The zero-order chi connectivity index (χ0) is 7.98. The molecule has 0 aliphatic heterocycles. The van der Waals surface area contributed by atoms with Gasteiger partial charge in [-0.15, -0.1) is 0 Å². The number of rotatable bonds is 4. The van der Waals surface area contributed by atoms with Crippen molar-refractivity contribution in [2.45, 2.75) is 6.42 Å². The van der Waals surface area contributed by atoms with Crippen LogP contribution in [-0.4, -0.2) is 38.7 Å². The third-order valence-electron chi connectivity index (χ3n) is 0.985. The number of ether oxygens (including phenoxy) is 1. The van der Waals surface area contributed by atoms with Crippen molar-refractivity contribution >= 4 is 5.97 Å². The minimum Gasteiger partial charge on any atom is -0.469 e. The minimum atomic E-state index is -0.186. The molecule has 4 nitrogen and oxygen atoms in total. The molecule has 0 spiro atoms. The van der Waals surface area contributed by atoms with Crippen LogP contribution in [0.3, 0.4) is 0 Å². The fourth-order valence-electron chi connectivity index (χ4n) is 0.484. The normalized spacial score (nSPS) is 10.0. The van der Waals surface area contributed by atoms with Crippen LogP contribution in [0.25, 0.3) is 0 Å². The van der Waals surface area contributed by atoms with Crippen molar-refractivity contribution < 1.29 is 9.53 Å². The number of hydrogen-bond acceptors (Lipinski definition) is 4. The van der Waals surface area contributed by atoms with Gasteiger partial charge in [-0.25, -0.2) is 0 Å². The van der Waals surface area contributed by atoms with E-state index >= 15 is 0 Å². The number of nitrogens with one attached hydrogen (secondary N) is 1. The Morgan fingerprint density at radius 1 is 1.60 bits per heavy atom. The predicted octanol–water partition coefficient (Wildman–Crippen LogP) is -0.384. The SMILES string of the molecule is COC(=O)CCNN(C)C. The average Bonchev–Trinajstić information content (AvgIpc) is 1.87. The Balaban J connectivity index is 3.12. The molecule has 0 saturated carbocycles. The van der Waals surface area contributed by atoms with Crippen molar-refractivity contribution in [3.63, 3.8) is 0 Å². The van der Waals surface area contributed by atoms with E-state index in [1.54, 1.807) is 5.01 Å². The van der Waals surface area contributed by atoms with Gasteiger partial charge in [-0.1, -0.05) is 0 Å². The smallest absolute Gasteiger partial charge is 0.306 e. The molecule has 0 amide bonds. The van der Waals surface area contributed by atoms with Crippen molar-refractivity contribution in [1.29, 1.82) is 0 Å². The third kappa shape index (κ3) is 5.53. The van der Waals surface area contributed by atoms with Crippen LogP contribution >= 0.6 is 0 Å². The second kappa shape index (κ2) is 5.20. The molecule has 10 heavy (non-hydrogen) atoms. The summed E-state index contributed by atoms with van der Waals surface area (Å²) in [5, 5.41) is 1.79. The summed E-state index contributed by atoms with van der Waals surface area (Å²) in [4.78, 5) is 10.5. The van der Waals surface area contributed by atoms with Gasteiger partial charge in [0.15, 0.2) is 0 Å². The van der Waals surface area contributed by atoms with E-state index in [0.717, 1.165) is 0 Å². The van der Waals surface area contributed by atoms with E-state index in [9.17, 15) is 4.79 Å². The van der Waals surface area contributed by atoms with Crippen molar-refractivity contribution in [1.82, 2.24) is 10.4 Å². The molecule has 60 valence electrons. The monoisotopic (exact) mass is 146 g/mol. The van der Waals surface area contributed by atoms with Gasteiger partial charge in [0.25, 0.3) is 0 Å². The highest BCUT2D eigenvalue weighted by Crippen LogP contribution is 1.80. The maximum Gasteiger partial charge on any atom is 0.306 e. The molecule has 0 rings (SSSR count). The molecule has 0 aliphatic carbocycles. The molecule has 4 heteroatoms. The molecule has 0 aromatic rings. The number of methoxy groups -OCH3 is 1. The van der Waals surface area contributed by atoms with Crippen LogP contribution in [0.15, 0.2) is 0 Å². The first kappa shape index (κ1) is 9.39. The van der Waals surface area contributed by atoms with E-state index in [1.807, 2.05) is 14.1 Å². The Bertz CT molecular complexity index is 104. The molecule has 0 heterocycles. The van der Waals surface area contributed by atoms with Crippen LogP contribution < -0.4 is 5.43 Å². The highest BCUT2D eigenvalue weighted by atomic mass is 16.5. The molecule has 0 aromatic heterocycles. The minimum absolute atomic E-state index is 0.186. The van der Waals surface area contributed by atoms with Crippen LogP contribution in [0, 0.1) is 0 Å². The van der Waals surface area contributed by atoms with Crippen LogP contribution in [0.5, 0.6) is 0 Å². The van der Waals surface area contributed by atoms with Gasteiger partial charge in [-0.3, -0.25) is 15.2 Å². The summed E-state index contributed by atoms with van der Waals surface area (Å²) in [5.41, 5.74) is 2.94. The highest BCUT2D eigenvalue weighted by Gasteiger charge is 1.97. The Morgan fingerprint density at radius 2 is 2.20 bits per heavy atom. The quantitative estimate of drug-likeness (QED) is 0.433. The first-order valence-electron chi connectivity index (χ1n) is 3.14. The number of carbonyl (C=O) groups is 1. The van der Waals surface area contributed by atoms with Crippen molar-refractivity contribution in [3.8, 4) is 0 Å². The predicted molar refractivity (Wildman–Crippen MR) is 38.3 cm³/mol. The zero-order valence-corrected chi connectivity index (χ0v) is 6.68. The van der Waals surface area contributed by atoms with Gasteiger partial charge in [-0.2, -0.15) is 0 Å². The molecule has 0 atom stereocenters. The molecular weight excluding hydrogens is 132 g/mol. The summed E-state index contributed by atoms with van der Waals surface area (Å²) in [6.07, 6.45) is 0.411. The first-order valence-corrected chi connectivity index (χ1v) is 3.14. The molecule has 0 saturated heterocycles.